The molecule has 0 bridgehead atoms. The summed E-state index contributed by atoms with van der Waals surface area (Å²) in [7, 11) is 0. The van der Waals surface area contributed by atoms with Gasteiger partial charge < -0.3 is 5.32 Å². The molecule has 9 heteroatoms. The number of amides is 3. The average Bonchev–Trinajstić information content (AvgIpc) is 3.22. The lowest BCUT2D eigenvalue weighted by atomic mass is 9.96. The van der Waals surface area contributed by atoms with Crippen LogP contribution in [0.3, 0.4) is 0 Å². The molecule has 3 amide bonds. The van der Waals surface area contributed by atoms with Gasteiger partial charge in [-0.3, -0.25) is 14.5 Å². The van der Waals surface area contributed by atoms with Gasteiger partial charge in [0.2, 0.25) is 10.9 Å². The van der Waals surface area contributed by atoms with E-state index in [-0.39, 0.29) is 11.9 Å². The number of carbonyl (C=O) groups is 2. The van der Waals surface area contributed by atoms with Crippen molar-refractivity contribution in [2.75, 3.05) is 0 Å². The van der Waals surface area contributed by atoms with Crippen LogP contribution in [0.4, 0.5) is 4.79 Å². The van der Waals surface area contributed by atoms with Gasteiger partial charge >= 0.3 is 6.03 Å². The topological polar surface area (TPSA) is 88.4 Å². The van der Waals surface area contributed by atoms with Crippen LogP contribution in [0.1, 0.15) is 39.0 Å². The van der Waals surface area contributed by atoms with Gasteiger partial charge in [0, 0.05) is 6.04 Å². The van der Waals surface area contributed by atoms with Crippen molar-refractivity contribution >= 4 is 50.2 Å². The molecule has 1 fully saturated rings. The Balaban J connectivity index is 1.41. The number of rotatable bonds is 4. The van der Waals surface area contributed by atoms with Gasteiger partial charge in [0.15, 0.2) is 5.16 Å². The molecule has 1 atom stereocenters. The van der Waals surface area contributed by atoms with E-state index in [2.05, 4.69) is 20.8 Å². The summed E-state index contributed by atoms with van der Waals surface area (Å²) in [5.74, 6) is -0.329. The number of imide groups is 1. The molecule has 0 spiro atoms. The molecule has 7 nitrogen and oxygen atoms in total. The van der Waals surface area contributed by atoms with Gasteiger partial charge in [-0.2, -0.15) is 0 Å². The molecule has 1 aliphatic rings. The van der Waals surface area contributed by atoms with Crippen molar-refractivity contribution in [2.45, 2.75) is 55.5 Å². The number of hydrogen-bond acceptors (Lipinski definition) is 6. The third kappa shape index (κ3) is 3.93. The highest BCUT2D eigenvalue weighted by Crippen LogP contribution is 2.31. The van der Waals surface area contributed by atoms with E-state index >= 15 is 0 Å². The molecular formula is C18H21N5O2S2. The number of fused-ring (bicyclic) bond motifs is 3. The van der Waals surface area contributed by atoms with E-state index in [1.165, 1.54) is 18.2 Å². The molecule has 4 rings (SSSR count). The van der Waals surface area contributed by atoms with E-state index in [9.17, 15) is 9.59 Å². The summed E-state index contributed by atoms with van der Waals surface area (Å²) in [6.07, 6.45) is 5.44. The van der Waals surface area contributed by atoms with Crippen molar-refractivity contribution in [3.63, 3.8) is 0 Å². The van der Waals surface area contributed by atoms with E-state index in [1.54, 1.807) is 18.3 Å². The van der Waals surface area contributed by atoms with Gasteiger partial charge in [0.25, 0.3) is 0 Å². The summed E-state index contributed by atoms with van der Waals surface area (Å²) in [5.41, 5.74) is 1.02. The average molecular weight is 404 g/mol. The maximum atomic E-state index is 12.4. The Morgan fingerprint density at radius 2 is 2.00 bits per heavy atom. The van der Waals surface area contributed by atoms with E-state index in [4.69, 9.17) is 0 Å². The van der Waals surface area contributed by atoms with Crippen molar-refractivity contribution in [1.29, 1.82) is 0 Å². The lowest BCUT2D eigenvalue weighted by Gasteiger charge is -2.22. The number of benzene rings is 1. The van der Waals surface area contributed by atoms with Crippen LogP contribution in [-0.2, 0) is 4.79 Å². The first-order valence-corrected chi connectivity index (χ1v) is 10.8. The number of nitrogens with zero attached hydrogens (tertiary/aromatic N) is 3. The molecule has 0 radical (unpaired) electrons. The maximum absolute atomic E-state index is 12.4. The number of nitrogens with one attached hydrogen (secondary N) is 2. The molecule has 2 aromatic heterocycles. The van der Waals surface area contributed by atoms with Crippen LogP contribution in [0.2, 0.25) is 0 Å². The molecule has 27 heavy (non-hydrogen) atoms. The van der Waals surface area contributed by atoms with Crippen molar-refractivity contribution in [2.24, 2.45) is 0 Å². The second-order valence-corrected chi connectivity index (χ2v) is 9.05. The summed E-state index contributed by atoms with van der Waals surface area (Å²) in [5, 5.41) is 14.0. The summed E-state index contributed by atoms with van der Waals surface area (Å²) in [6.45, 7) is 1.77. The highest BCUT2D eigenvalue weighted by atomic mass is 32.2. The van der Waals surface area contributed by atoms with Gasteiger partial charge in [-0.1, -0.05) is 54.5 Å². The SMILES string of the molecule is CC(Sc1nnc2sc3ccccc3n12)C(=O)NC(=O)NC1CCCCC1. The zero-order chi connectivity index (χ0) is 18.8. The first kappa shape index (κ1) is 18.2. The second kappa shape index (κ2) is 7.85. The third-order valence-corrected chi connectivity index (χ3v) is 6.79. The number of urea groups is 1. The fourth-order valence-electron chi connectivity index (χ4n) is 3.33. The Labute approximate surface area is 164 Å². The predicted molar refractivity (Wildman–Crippen MR) is 107 cm³/mol. The lowest BCUT2D eigenvalue weighted by molar-refractivity contribution is -0.119. The van der Waals surface area contributed by atoms with Crippen LogP contribution in [0.15, 0.2) is 29.4 Å². The maximum Gasteiger partial charge on any atom is 0.321 e. The van der Waals surface area contributed by atoms with Crippen molar-refractivity contribution in [3.05, 3.63) is 24.3 Å². The van der Waals surface area contributed by atoms with Crippen LogP contribution in [0, 0.1) is 0 Å². The largest absolute Gasteiger partial charge is 0.335 e. The van der Waals surface area contributed by atoms with Gasteiger partial charge in [0.05, 0.1) is 15.5 Å². The Kier molecular flexibility index (Phi) is 5.31. The molecule has 0 saturated heterocycles. The molecule has 0 aliphatic heterocycles. The lowest BCUT2D eigenvalue weighted by Crippen LogP contribution is -2.47. The van der Waals surface area contributed by atoms with Crippen LogP contribution >= 0.6 is 23.1 Å². The standard InChI is InChI=1S/C18H21N5O2S2/c1-11(15(24)20-16(25)19-12-7-3-2-4-8-12)26-17-21-22-18-23(17)13-9-5-6-10-14(13)27-18/h5-6,9-12H,2-4,7-8H2,1H3,(H2,19,20,24,25). The number of carbonyl (C=O) groups excluding carboxylic acids is 2. The molecule has 142 valence electrons. The molecule has 1 aromatic carbocycles. The normalized spacial score (nSPS) is 16.5. The molecule has 2 N–H and O–H groups in total. The van der Waals surface area contributed by atoms with E-state index in [0.717, 1.165) is 40.9 Å². The van der Waals surface area contributed by atoms with Crippen molar-refractivity contribution < 1.29 is 9.59 Å². The smallest absolute Gasteiger partial charge is 0.321 e. The minimum Gasteiger partial charge on any atom is -0.335 e. The number of thioether (sulfide) groups is 1. The van der Waals surface area contributed by atoms with Gasteiger partial charge in [-0.25, -0.2) is 4.79 Å². The van der Waals surface area contributed by atoms with Gasteiger partial charge in [-0.05, 0) is 31.9 Å². The molecule has 1 unspecified atom stereocenters. The number of thiazole rings is 1. The number of para-hydroxylation sites is 1. The Morgan fingerprint density at radius 3 is 2.81 bits per heavy atom. The Morgan fingerprint density at radius 1 is 1.22 bits per heavy atom. The van der Waals surface area contributed by atoms with E-state index < -0.39 is 11.3 Å². The molecular weight excluding hydrogens is 382 g/mol. The highest BCUT2D eigenvalue weighted by Gasteiger charge is 2.23. The van der Waals surface area contributed by atoms with Crippen LogP contribution in [0.5, 0.6) is 0 Å². The van der Waals surface area contributed by atoms with Crippen molar-refractivity contribution in [3.8, 4) is 0 Å². The monoisotopic (exact) mass is 403 g/mol. The highest BCUT2D eigenvalue weighted by molar-refractivity contribution is 8.00. The minimum atomic E-state index is -0.465. The van der Waals surface area contributed by atoms with Gasteiger partial charge in [-0.15, -0.1) is 10.2 Å². The van der Waals surface area contributed by atoms with Gasteiger partial charge in [0.1, 0.15) is 0 Å². The fraction of sp³-hybridized carbons (Fsp3) is 0.444. The second-order valence-electron chi connectivity index (χ2n) is 6.73. The minimum absolute atomic E-state index is 0.169. The van der Waals surface area contributed by atoms with E-state index in [1.807, 2.05) is 28.7 Å². The summed E-state index contributed by atoms with van der Waals surface area (Å²) < 4.78 is 3.07. The molecule has 3 aromatic rings. The first-order valence-electron chi connectivity index (χ1n) is 9.12. The number of aromatic nitrogens is 3. The van der Waals surface area contributed by atoms with Crippen LogP contribution < -0.4 is 10.6 Å². The Hall–Kier alpha value is -2.13. The van der Waals surface area contributed by atoms with Crippen LogP contribution in [-0.4, -0.2) is 37.8 Å². The summed E-state index contributed by atoms with van der Waals surface area (Å²) in [6, 6.07) is 7.76. The summed E-state index contributed by atoms with van der Waals surface area (Å²) >= 11 is 2.86. The predicted octanol–water partition coefficient (Wildman–Crippen LogP) is 3.58. The van der Waals surface area contributed by atoms with Crippen LogP contribution in [0.25, 0.3) is 15.2 Å². The zero-order valence-corrected chi connectivity index (χ0v) is 16.6. The fourth-order valence-corrected chi connectivity index (χ4v) is 5.21. The van der Waals surface area contributed by atoms with Crippen molar-refractivity contribution in [1.82, 2.24) is 25.2 Å². The molecule has 2 heterocycles. The quantitative estimate of drug-likeness (QED) is 0.650. The first-order chi connectivity index (χ1) is 13.1. The zero-order valence-electron chi connectivity index (χ0n) is 15.0. The molecule has 1 saturated carbocycles. The summed E-state index contributed by atoms with van der Waals surface area (Å²) in [4.78, 5) is 25.3. The molecule has 1 aliphatic carbocycles. The third-order valence-electron chi connectivity index (χ3n) is 4.74. The Bertz CT molecular complexity index is 977. The van der Waals surface area contributed by atoms with E-state index in [0.29, 0.717) is 5.16 Å². The number of hydrogen-bond donors (Lipinski definition) is 2.